The summed E-state index contributed by atoms with van der Waals surface area (Å²) in [7, 11) is 4.03. The van der Waals surface area contributed by atoms with E-state index in [2.05, 4.69) is 63.2 Å². The van der Waals surface area contributed by atoms with Crippen molar-refractivity contribution in [2.75, 3.05) is 38.2 Å². The Morgan fingerprint density at radius 3 is 2.52 bits per heavy atom. The third kappa shape index (κ3) is 6.92. The highest BCUT2D eigenvalue weighted by Gasteiger charge is 2.11. The number of nitrogens with one attached hydrogen (secondary N) is 1. The highest BCUT2D eigenvalue weighted by molar-refractivity contribution is 5.51. The third-order valence-electron chi connectivity index (χ3n) is 4.27. The number of hydrogen-bond acceptors (Lipinski definition) is 5. The van der Waals surface area contributed by atoms with Gasteiger partial charge in [-0.25, -0.2) is 4.98 Å². The molecule has 0 fully saturated rings. The Labute approximate surface area is 163 Å². The first-order chi connectivity index (χ1) is 13.0. The fraction of sp³-hybridized carbons (Fsp3) is 0.455. The van der Waals surface area contributed by atoms with Gasteiger partial charge in [-0.05, 0) is 45.1 Å². The van der Waals surface area contributed by atoms with Crippen LogP contribution in [0.4, 0.5) is 11.8 Å². The van der Waals surface area contributed by atoms with E-state index < -0.39 is 0 Å². The Morgan fingerprint density at radius 1 is 1.11 bits per heavy atom. The molecule has 1 heterocycles. The quantitative estimate of drug-likeness (QED) is 0.554. The van der Waals surface area contributed by atoms with Crippen molar-refractivity contribution < 1.29 is 0 Å². The molecule has 0 saturated carbocycles. The molecule has 0 aliphatic heterocycles. The van der Waals surface area contributed by atoms with Crippen molar-refractivity contribution in [2.45, 2.75) is 39.5 Å². The third-order valence-corrected chi connectivity index (χ3v) is 4.27. The van der Waals surface area contributed by atoms with Gasteiger partial charge in [0, 0.05) is 29.8 Å². The van der Waals surface area contributed by atoms with E-state index in [1.54, 1.807) is 0 Å². The summed E-state index contributed by atoms with van der Waals surface area (Å²) in [6, 6.07) is 8.38. The number of hydrogen-bond donors (Lipinski definition) is 2. The summed E-state index contributed by atoms with van der Waals surface area (Å²) >= 11 is 0. The second kappa shape index (κ2) is 10.5. The fourth-order valence-corrected chi connectivity index (χ4v) is 2.77. The SMILES string of the molecule is CCCCCNc1nc(N)nc(C)c1Cc1ccc(C#CCN(C)C)cc1. The number of rotatable bonds is 8. The topological polar surface area (TPSA) is 67.1 Å². The molecule has 0 unspecified atom stereocenters. The highest BCUT2D eigenvalue weighted by Crippen LogP contribution is 2.21. The van der Waals surface area contributed by atoms with E-state index in [1.165, 1.54) is 18.4 Å². The van der Waals surface area contributed by atoms with Crippen LogP contribution in [0.5, 0.6) is 0 Å². The van der Waals surface area contributed by atoms with Gasteiger partial charge in [0.25, 0.3) is 0 Å². The van der Waals surface area contributed by atoms with Crippen molar-refractivity contribution in [3.63, 3.8) is 0 Å². The Morgan fingerprint density at radius 2 is 1.85 bits per heavy atom. The molecule has 0 bridgehead atoms. The van der Waals surface area contributed by atoms with Crippen LogP contribution in [0, 0.1) is 18.8 Å². The van der Waals surface area contributed by atoms with Gasteiger partial charge < -0.3 is 11.1 Å². The molecule has 0 aliphatic rings. The number of benzene rings is 1. The standard InChI is InChI=1S/C22H31N5/c1-5-6-7-14-24-21-20(17(2)25-22(23)26-21)16-19-12-10-18(11-13-19)9-8-15-27(3)4/h10-13H,5-7,14-16H2,1-4H3,(H3,23,24,25,26). The van der Waals surface area contributed by atoms with Gasteiger partial charge in [0.2, 0.25) is 5.95 Å². The van der Waals surface area contributed by atoms with E-state index >= 15 is 0 Å². The van der Waals surface area contributed by atoms with Gasteiger partial charge in [0.05, 0.1) is 6.54 Å². The number of unbranched alkanes of at least 4 members (excludes halogenated alkanes) is 2. The lowest BCUT2D eigenvalue weighted by atomic mass is 10.0. The highest BCUT2D eigenvalue weighted by atomic mass is 15.1. The predicted octanol–water partition coefficient (Wildman–Crippen LogP) is 3.47. The average Bonchev–Trinajstić information content (AvgIpc) is 2.62. The zero-order valence-electron chi connectivity index (χ0n) is 17.0. The zero-order valence-corrected chi connectivity index (χ0v) is 17.0. The lowest BCUT2D eigenvalue weighted by Gasteiger charge is -2.14. The summed E-state index contributed by atoms with van der Waals surface area (Å²) in [6.45, 7) is 5.85. The van der Waals surface area contributed by atoms with Crippen LogP contribution in [0.1, 0.15) is 48.6 Å². The molecule has 0 amide bonds. The molecule has 5 nitrogen and oxygen atoms in total. The van der Waals surface area contributed by atoms with Gasteiger partial charge in [-0.3, -0.25) is 4.90 Å². The maximum atomic E-state index is 5.86. The largest absolute Gasteiger partial charge is 0.370 e. The molecular formula is C22H31N5. The molecule has 5 heteroatoms. The minimum absolute atomic E-state index is 0.320. The molecule has 0 saturated heterocycles. The lowest BCUT2D eigenvalue weighted by Crippen LogP contribution is -2.11. The Bertz CT molecular complexity index is 785. The summed E-state index contributed by atoms with van der Waals surface area (Å²) in [5.74, 6) is 7.53. The van der Waals surface area contributed by atoms with Crippen LogP contribution in [-0.2, 0) is 6.42 Å². The Hall–Kier alpha value is -2.58. The van der Waals surface area contributed by atoms with Crippen molar-refractivity contribution in [1.29, 1.82) is 0 Å². The van der Waals surface area contributed by atoms with Crippen LogP contribution in [0.3, 0.4) is 0 Å². The number of aromatic nitrogens is 2. The average molecular weight is 366 g/mol. The molecule has 3 N–H and O–H groups in total. The van der Waals surface area contributed by atoms with E-state index in [4.69, 9.17) is 5.73 Å². The zero-order chi connectivity index (χ0) is 19.6. The number of aryl methyl sites for hydroxylation is 1. The molecular weight excluding hydrogens is 334 g/mol. The van der Waals surface area contributed by atoms with Crippen molar-refractivity contribution in [1.82, 2.24) is 14.9 Å². The first kappa shape index (κ1) is 20.7. The van der Waals surface area contributed by atoms with Crippen LogP contribution >= 0.6 is 0 Å². The molecule has 2 aromatic rings. The molecule has 1 aromatic heterocycles. The van der Waals surface area contributed by atoms with E-state index in [0.717, 1.165) is 48.6 Å². The van der Waals surface area contributed by atoms with Gasteiger partial charge in [-0.1, -0.05) is 43.7 Å². The van der Waals surface area contributed by atoms with E-state index in [0.29, 0.717) is 5.95 Å². The summed E-state index contributed by atoms with van der Waals surface area (Å²) in [5.41, 5.74) is 10.1. The second-order valence-corrected chi connectivity index (χ2v) is 7.04. The number of anilines is 2. The summed E-state index contributed by atoms with van der Waals surface area (Å²) in [5, 5.41) is 3.44. The Kier molecular flexibility index (Phi) is 8.09. The summed E-state index contributed by atoms with van der Waals surface area (Å²) in [4.78, 5) is 10.8. The minimum Gasteiger partial charge on any atom is -0.370 e. The van der Waals surface area contributed by atoms with Crippen LogP contribution in [0.25, 0.3) is 0 Å². The van der Waals surface area contributed by atoms with Crippen molar-refractivity contribution in [2.24, 2.45) is 0 Å². The molecule has 0 spiro atoms. The molecule has 0 radical (unpaired) electrons. The normalized spacial score (nSPS) is 10.6. The fourth-order valence-electron chi connectivity index (χ4n) is 2.77. The lowest BCUT2D eigenvalue weighted by molar-refractivity contribution is 0.464. The van der Waals surface area contributed by atoms with Crippen LogP contribution in [-0.4, -0.2) is 42.1 Å². The first-order valence-corrected chi connectivity index (χ1v) is 9.59. The first-order valence-electron chi connectivity index (χ1n) is 9.59. The maximum Gasteiger partial charge on any atom is 0.222 e. The van der Waals surface area contributed by atoms with E-state index in [1.807, 2.05) is 21.0 Å². The van der Waals surface area contributed by atoms with Gasteiger partial charge in [0.15, 0.2) is 0 Å². The van der Waals surface area contributed by atoms with Crippen molar-refractivity contribution in [3.05, 3.63) is 46.6 Å². The van der Waals surface area contributed by atoms with Crippen LogP contribution < -0.4 is 11.1 Å². The molecule has 0 atom stereocenters. The number of nitrogens with two attached hydrogens (primary N) is 1. The molecule has 2 rings (SSSR count). The molecule has 1 aromatic carbocycles. The smallest absolute Gasteiger partial charge is 0.222 e. The molecule has 0 aliphatic carbocycles. The van der Waals surface area contributed by atoms with E-state index in [-0.39, 0.29) is 0 Å². The van der Waals surface area contributed by atoms with Crippen molar-refractivity contribution in [3.8, 4) is 11.8 Å². The number of nitrogens with zero attached hydrogens (tertiary/aromatic N) is 3. The molecule has 144 valence electrons. The van der Waals surface area contributed by atoms with Crippen LogP contribution in [0.2, 0.25) is 0 Å². The molecule has 27 heavy (non-hydrogen) atoms. The van der Waals surface area contributed by atoms with Gasteiger partial charge in [0.1, 0.15) is 5.82 Å². The van der Waals surface area contributed by atoms with Crippen molar-refractivity contribution >= 4 is 11.8 Å². The van der Waals surface area contributed by atoms with Crippen LogP contribution in [0.15, 0.2) is 24.3 Å². The predicted molar refractivity (Wildman–Crippen MR) is 114 cm³/mol. The minimum atomic E-state index is 0.320. The van der Waals surface area contributed by atoms with Gasteiger partial charge in [-0.2, -0.15) is 4.98 Å². The monoisotopic (exact) mass is 365 g/mol. The van der Waals surface area contributed by atoms with E-state index in [9.17, 15) is 0 Å². The second-order valence-electron chi connectivity index (χ2n) is 7.04. The maximum absolute atomic E-state index is 5.86. The van der Waals surface area contributed by atoms with Gasteiger partial charge >= 0.3 is 0 Å². The summed E-state index contributed by atoms with van der Waals surface area (Å²) in [6.07, 6.45) is 4.30. The van der Waals surface area contributed by atoms with Gasteiger partial charge in [-0.15, -0.1) is 0 Å². The number of nitrogen functional groups attached to an aromatic ring is 1. The summed E-state index contributed by atoms with van der Waals surface area (Å²) < 4.78 is 0. The Balaban J connectivity index is 2.12.